The summed E-state index contributed by atoms with van der Waals surface area (Å²) < 4.78 is 0. The van der Waals surface area contributed by atoms with E-state index in [2.05, 4.69) is 6.92 Å². The van der Waals surface area contributed by atoms with Gasteiger partial charge in [-0.1, -0.05) is 32.6 Å². The Balaban J connectivity index is 3.34. The van der Waals surface area contributed by atoms with Crippen LogP contribution >= 0.6 is 0 Å². The average molecular weight is 200 g/mol. The summed E-state index contributed by atoms with van der Waals surface area (Å²) in [5, 5.41) is 0. The van der Waals surface area contributed by atoms with E-state index < -0.39 is 0 Å². The van der Waals surface area contributed by atoms with Crippen molar-refractivity contribution in [3.63, 3.8) is 0 Å². The van der Waals surface area contributed by atoms with E-state index in [1.54, 1.807) is 0 Å². The highest BCUT2D eigenvalue weighted by Gasteiger charge is 2.11. The van der Waals surface area contributed by atoms with Gasteiger partial charge in [-0.3, -0.25) is 4.79 Å². The van der Waals surface area contributed by atoms with Gasteiger partial charge < -0.3 is 11.5 Å². The van der Waals surface area contributed by atoms with Crippen molar-refractivity contribution in [2.45, 2.75) is 57.9 Å². The molecule has 0 saturated carbocycles. The average Bonchev–Trinajstić information content (AvgIpc) is 2.17. The largest absolute Gasteiger partial charge is 0.330 e. The molecule has 0 aromatic rings. The van der Waals surface area contributed by atoms with E-state index in [4.69, 9.17) is 11.5 Å². The van der Waals surface area contributed by atoms with Crippen molar-refractivity contribution in [3.05, 3.63) is 0 Å². The third-order valence-corrected chi connectivity index (χ3v) is 2.42. The maximum Gasteiger partial charge on any atom is 0.149 e. The molecule has 3 nitrogen and oxygen atoms in total. The molecule has 3 heteroatoms. The van der Waals surface area contributed by atoms with Crippen LogP contribution in [0.5, 0.6) is 0 Å². The SMILES string of the molecule is CCCCCCCC(=O)C(N)CCN. The Kier molecular flexibility index (Phi) is 8.89. The highest BCUT2D eigenvalue weighted by molar-refractivity contribution is 5.83. The van der Waals surface area contributed by atoms with Crippen LogP contribution in [0.4, 0.5) is 0 Å². The van der Waals surface area contributed by atoms with Crippen molar-refractivity contribution in [2.75, 3.05) is 6.54 Å². The monoisotopic (exact) mass is 200 g/mol. The summed E-state index contributed by atoms with van der Waals surface area (Å²) in [4.78, 5) is 11.4. The Morgan fingerprint density at radius 3 is 2.43 bits per heavy atom. The van der Waals surface area contributed by atoms with E-state index in [1.807, 2.05) is 0 Å². The van der Waals surface area contributed by atoms with E-state index in [0.29, 0.717) is 19.4 Å². The van der Waals surface area contributed by atoms with Crippen LogP contribution in [0.3, 0.4) is 0 Å². The van der Waals surface area contributed by atoms with Crippen LogP contribution in [0, 0.1) is 0 Å². The van der Waals surface area contributed by atoms with Crippen LogP contribution in [0.25, 0.3) is 0 Å². The van der Waals surface area contributed by atoms with Gasteiger partial charge in [-0.15, -0.1) is 0 Å². The first-order valence-electron chi connectivity index (χ1n) is 5.70. The third kappa shape index (κ3) is 7.04. The molecule has 0 amide bonds. The van der Waals surface area contributed by atoms with Gasteiger partial charge in [0.2, 0.25) is 0 Å². The van der Waals surface area contributed by atoms with E-state index in [-0.39, 0.29) is 11.8 Å². The lowest BCUT2D eigenvalue weighted by Crippen LogP contribution is -2.32. The number of rotatable bonds is 9. The second-order valence-corrected chi connectivity index (χ2v) is 3.81. The van der Waals surface area contributed by atoms with Gasteiger partial charge in [-0.2, -0.15) is 0 Å². The van der Waals surface area contributed by atoms with Gasteiger partial charge in [-0.05, 0) is 19.4 Å². The molecule has 0 aliphatic heterocycles. The molecule has 0 rings (SSSR count). The lowest BCUT2D eigenvalue weighted by atomic mass is 10.0. The number of hydrogen-bond donors (Lipinski definition) is 2. The molecule has 0 fully saturated rings. The van der Waals surface area contributed by atoms with Crippen molar-refractivity contribution in [1.82, 2.24) is 0 Å². The van der Waals surface area contributed by atoms with E-state index >= 15 is 0 Å². The van der Waals surface area contributed by atoms with Gasteiger partial charge in [0, 0.05) is 6.42 Å². The molecule has 0 aliphatic rings. The molecule has 0 radical (unpaired) electrons. The van der Waals surface area contributed by atoms with E-state index in [9.17, 15) is 4.79 Å². The Morgan fingerprint density at radius 2 is 1.86 bits per heavy atom. The quantitative estimate of drug-likeness (QED) is 0.555. The molecular formula is C11H24N2O. The van der Waals surface area contributed by atoms with Crippen LogP contribution in [-0.2, 0) is 4.79 Å². The van der Waals surface area contributed by atoms with Crippen molar-refractivity contribution in [1.29, 1.82) is 0 Å². The van der Waals surface area contributed by atoms with Gasteiger partial charge >= 0.3 is 0 Å². The molecule has 0 heterocycles. The molecule has 14 heavy (non-hydrogen) atoms. The summed E-state index contributed by atoms with van der Waals surface area (Å²) in [6.07, 6.45) is 7.12. The summed E-state index contributed by atoms with van der Waals surface area (Å²) in [5.41, 5.74) is 11.0. The minimum absolute atomic E-state index is 0.173. The highest BCUT2D eigenvalue weighted by Crippen LogP contribution is 2.06. The predicted octanol–water partition coefficient (Wildman–Crippen LogP) is 1.59. The predicted molar refractivity (Wildman–Crippen MR) is 60.0 cm³/mol. The molecule has 4 N–H and O–H groups in total. The highest BCUT2D eigenvalue weighted by atomic mass is 16.1. The molecule has 84 valence electrons. The molecule has 0 aromatic heterocycles. The summed E-state index contributed by atoms with van der Waals surface area (Å²) in [5.74, 6) is 0.173. The first-order valence-corrected chi connectivity index (χ1v) is 5.70. The molecule has 0 aliphatic carbocycles. The smallest absolute Gasteiger partial charge is 0.149 e. The number of Topliss-reactive ketones (excluding diaryl/α,β-unsaturated/α-hetero) is 1. The number of carbonyl (C=O) groups is 1. The second kappa shape index (κ2) is 9.16. The number of carbonyl (C=O) groups excluding carboxylic acids is 1. The van der Waals surface area contributed by atoms with E-state index in [0.717, 1.165) is 12.8 Å². The van der Waals surface area contributed by atoms with Crippen LogP contribution in [0.15, 0.2) is 0 Å². The fourth-order valence-corrected chi connectivity index (χ4v) is 1.43. The molecule has 0 aromatic carbocycles. The third-order valence-electron chi connectivity index (χ3n) is 2.42. The fourth-order valence-electron chi connectivity index (χ4n) is 1.43. The first-order chi connectivity index (χ1) is 6.72. The molecule has 0 spiro atoms. The molecule has 0 saturated heterocycles. The lowest BCUT2D eigenvalue weighted by Gasteiger charge is -2.08. The summed E-state index contributed by atoms with van der Waals surface area (Å²) >= 11 is 0. The number of nitrogens with two attached hydrogens (primary N) is 2. The zero-order valence-electron chi connectivity index (χ0n) is 9.30. The van der Waals surface area contributed by atoms with Gasteiger partial charge in [0.15, 0.2) is 0 Å². The number of ketones is 1. The zero-order chi connectivity index (χ0) is 10.8. The minimum atomic E-state index is -0.328. The Bertz CT molecular complexity index is 148. The van der Waals surface area contributed by atoms with E-state index in [1.165, 1.54) is 19.3 Å². The van der Waals surface area contributed by atoms with Crippen LogP contribution in [0.1, 0.15) is 51.9 Å². The van der Waals surface area contributed by atoms with Crippen molar-refractivity contribution in [2.24, 2.45) is 11.5 Å². The van der Waals surface area contributed by atoms with Crippen LogP contribution in [-0.4, -0.2) is 18.4 Å². The maximum atomic E-state index is 11.4. The summed E-state index contributed by atoms with van der Waals surface area (Å²) in [6.45, 7) is 2.69. The van der Waals surface area contributed by atoms with Crippen LogP contribution < -0.4 is 11.5 Å². The van der Waals surface area contributed by atoms with Crippen molar-refractivity contribution < 1.29 is 4.79 Å². The van der Waals surface area contributed by atoms with Gasteiger partial charge in [-0.25, -0.2) is 0 Å². The normalized spacial score (nSPS) is 12.8. The van der Waals surface area contributed by atoms with Gasteiger partial charge in [0.05, 0.1) is 6.04 Å². The van der Waals surface area contributed by atoms with Gasteiger partial charge in [0.1, 0.15) is 5.78 Å². The number of unbranched alkanes of at least 4 members (excludes halogenated alkanes) is 4. The maximum absolute atomic E-state index is 11.4. The Morgan fingerprint density at radius 1 is 1.21 bits per heavy atom. The van der Waals surface area contributed by atoms with Crippen molar-refractivity contribution in [3.8, 4) is 0 Å². The van der Waals surface area contributed by atoms with Gasteiger partial charge in [0.25, 0.3) is 0 Å². The molecule has 1 unspecified atom stereocenters. The molecule has 0 bridgehead atoms. The topological polar surface area (TPSA) is 69.1 Å². The molecule has 1 atom stereocenters. The fraction of sp³-hybridized carbons (Fsp3) is 0.909. The zero-order valence-corrected chi connectivity index (χ0v) is 9.30. The summed E-state index contributed by atoms with van der Waals surface area (Å²) in [6, 6.07) is -0.328. The molecular weight excluding hydrogens is 176 g/mol. The second-order valence-electron chi connectivity index (χ2n) is 3.81. The Labute approximate surface area is 87.2 Å². The Hall–Kier alpha value is -0.410. The van der Waals surface area contributed by atoms with Crippen molar-refractivity contribution >= 4 is 5.78 Å². The van der Waals surface area contributed by atoms with Crippen LogP contribution in [0.2, 0.25) is 0 Å². The summed E-state index contributed by atoms with van der Waals surface area (Å²) in [7, 11) is 0. The standard InChI is InChI=1S/C11H24N2O/c1-2-3-4-5-6-7-11(14)10(13)8-9-12/h10H,2-9,12-13H2,1H3. The minimum Gasteiger partial charge on any atom is -0.330 e. The first kappa shape index (κ1) is 13.6. The lowest BCUT2D eigenvalue weighted by molar-refractivity contribution is -0.120. The number of hydrogen-bond acceptors (Lipinski definition) is 3.